The Balaban J connectivity index is 1.89. The third-order valence-electron chi connectivity index (χ3n) is 3.34. The van der Waals surface area contributed by atoms with Crippen LogP contribution in [-0.2, 0) is 14.3 Å². The summed E-state index contributed by atoms with van der Waals surface area (Å²) in [6.07, 6.45) is 0.808. The first-order valence-electron chi connectivity index (χ1n) is 5.78. The second-order valence-electron chi connectivity index (χ2n) is 4.54. The summed E-state index contributed by atoms with van der Waals surface area (Å²) in [5.74, 6) is 0.00536. The zero-order valence-corrected chi connectivity index (χ0v) is 9.81. The Morgan fingerprint density at radius 2 is 1.94 bits per heavy atom. The average molecular weight is 226 g/mol. The van der Waals surface area contributed by atoms with Crippen LogP contribution in [0.4, 0.5) is 0 Å². The molecule has 0 N–H and O–H groups in total. The molecule has 0 spiro atoms. The lowest BCUT2D eigenvalue weighted by Crippen LogP contribution is -2.52. The summed E-state index contributed by atoms with van der Waals surface area (Å²) in [5, 5.41) is 0. The number of cyclic esters (lactones) is 1. The van der Waals surface area contributed by atoms with Crippen LogP contribution in [0.3, 0.4) is 0 Å². The van der Waals surface area contributed by atoms with Gasteiger partial charge in [-0.15, -0.1) is 0 Å². The zero-order chi connectivity index (χ0) is 11.7. The Hall–Kier alpha value is -1.10. The van der Waals surface area contributed by atoms with Gasteiger partial charge in [0.25, 0.3) is 0 Å². The summed E-state index contributed by atoms with van der Waals surface area (Å²) in [6, 6.07) is -0.0934. The molecule has 0 aromatic heterocycles. The second-order valence-corrected chi connectivity index (χ2v) is 4.54. The molecule has 2 saturated heterocycles. The molecule has 5 nitrogen and oxygen atoms in total. The lowest BCUT2D eigenvalue weighted by atomic mass is 10.1. The number of rotatable bonds is 1. The van der Waals surface area contributed by atoms with Crippen molar-refractivity contribution in [1.82, 2.24) is 9.80 Å². The Bertz CT molecular complexity index is 298. The maximum absolute atomic E-state index is 11.6. The van der Waals surface area contributed by atoms with Crippen LogP contribution in [0.5, 0.6) is 0 Å². The van der Waals surface area contributed by atoms with E-state index in [0.717, 1.165) is 19.5 Å². The Labute approximate surface area is 95.3 Å². The predicted molar refractivity (Wildman–Crippen MR) is 57.8 cm³/mol. The van der Waals surface area contributed by atoms with E-state index in [-0.39, 0.29) is 24.0 Å². The van der Waals surface area contributed by atoms with Gasteiger partial charge < -0.3 is 9.64 Å². The van der Waals surface area contributed by atoms with Gasteiger partial charge >= 0.3 is 5.97 Å². The van der Waals surface area contributed by atoms with Crippen molar-refractivity contribution in [1.29, 1.82) is 0 Å². The number of esters is 1. The van der Waals surface area contributed by atoms with Crippen LogP contribution in [0.25, 0.3) is 0 Å². The highest BCUT2D eigenvalue weighted by atomic mass is 16.6. The van der Waals surface area contributed by atoms with Gasteiger partial charge in [0.2, 0.25) is 5.91 Å². The molecule has 2 fully saturated rings. The highest BCUT2D eigenvalue weighted by molar-refractivity contribution is 5.78. The van der Waals surface area contributed by atoms with Crippen LogP contribution in [0, 0.1) is 0 Å². The summed E-state index contributed by atoms with van der Waals surface area (Å²) in [6.45, 7) is 6.48. The molecule has 1 amide bonds. The van der Waals surface area contributed by atoms with Crippen molar-refractivity contribution in [3.8, 4) is 0 Å². The number of amides is 1. The number of hydrogen-bond acceptors (Lipinski definition) is 4. The topological polar surface area (TPSA) is 49.9 Å². The number of piperazine rings is 1. The minimum absolute atomic E-state index is 0.0309. The minimum atomic E-state index is -0.108. The molecule has 0 aromatic carbocycles. The molecule has 0 bridgehead atoms. The highest BCUT2D eigenvalue weighted by Gasteiger charge is 2.37. The second kappa shape index (κ2) is 4.41. The lowest BCUT2D eigenvalue weighted by Gasteiger charge is -2.36. The van der Waals surface area contributed by atoms with Gasteiger partial charge in [-0.2, -0.15) is 0 Å². The van der Waals surface area contributed by atoms with E-state index in [1.165, 1.54) is 0 Å². The van der Waals surface area contributed by atoms with E-state index < -0.39 is 0 Å². The van der Waals surface area contributed by atoms with Gasteiger partial charge in [0.05, 0.1) is 0 Å². The smallest absolute Gasteiger partial charge is 0.323 e. The Morgan fingerprint density at radius 1 is 1.31 bits per heavy atom. The van der Waals surface area contributed by atoms with Gasteiger partial charge in [-0.1, -0.05) is 0 Å². The number of nitrogens with zero attached hydrogens (tertiary/aromatic N) is 2. The first-order chi connectivity index (χ1) is 7.58. The monoisotopic (exact) mass is 226 g/mol. The summed E-state index contributed by atoms with van der Waals surface area (Å²) < 4.78 is 5.14. The fraction of sp³-hybridized carbons (Fsp3) is 0.818. The maximum Gasteiger partial charge on any atom is 0.323 e. The molecular weight excluding hydrogens is 208 g/mol. The molecule has 2 atom stereocenters. The Kier molecular flexibility index (Phi) is 3.14. The fourth-order valence-electron chi connectivity index (χ4n) is 2.38. The predicted octanol–water partition coefficient (Wildman–Crippen LogP) is -0.145. The molecule has 0 aromatic rings. The van der Waals surface area contributed by atoms with Gasteiger partial charge in [-0.05, 0) is 6.92 Å². The van der Waals surface area contributed by atoms with Crippen molar-refractivity contribution in [2.75, 3.05) is 26.2 Å². The van der Waals surface area contributed by atoms with Crippen LogP contribution >= 0.6 is 0 Å². The molecular formula is C11H18N2O3. The summed E-state index contributed by atoms with van der Waals surface area (Å²) in [5.41, 5.74) is 0. The number of ether oxygens (including phenoxy) is 1. The molecule has 0 saturated carbocycles. The first-order valence-corrected chi connectivity index (χ1v) is 5.78. The normalized spacial score (nSPS) is 31.6. The molecule has 0 radical (unpaired) electrons. The van der Waals surface area contributed by atoms with Crippen LogP contribution in [0.15, 0.2) is 0 Å². The molecule has 2 unspecified atom stereocenters. The van der Waals surface area contributed by atoms with Crippen LogP contribution in [0.2, 0.25) is 0 Å². The molecule has 2 rings (SSSR count). The Morgan fingerprint density at radius 3 is 2.38 bits per heavy atom. The molecule has 2 aliphatic heterocycles. The van der Waals surface area contributed by atoms with E-state index in [1.807, 2.05) is 11.8 Å². The number of carbonyl (C=O) groups is 2. The standard InChI is InChI=1S/C11H18N2O3/c1-8-7-10(11(15)16-8)13-5-3-12(4-6-13)9(2)14/h8,10H,3-7H2,1-2H3. The van der Waals surface area contributed by atoms with E-state index in [0.29, 0.717) is 13.1 Å². The SMILES string of the molecule is CC(=O)N1CCN(C2CC(C)OC2=O)CC1. The van der Waals surface area contributed by atoms with Crippen molar-refractivity contribution in [2.24, 2.45) is 0 Å². The van der Waals surface area contributed by atoms with E-state index in [2.05, 4.69) is 4.90 Å². The van der Waals surface area contributed by atoms with Crippen LogP contribution in [0.1, 0.15) is 20.3 Å². The zero-order valence-electron chi connectivity index (χ0n) is 9.81. The summed E-state index contributed by atoms with van der Waals surface area (Å²) >= 11 is 0. The largest absolute Gasteiger partial charge is 0.461 e. The number of hydrogen-bond donors (Lipinski definition) is 0. The van der Waals surface area contributed by atoms with Crippen molar-refractivity contribution in [3.05, 3.63) is 0 Å². The summed E-state index contributed by atoms with van der Waals surface area (Å²) in [7, 11) is 0. The van der Waals surface area contributed by atoms with Gasteiger partial charge in [-0.3, -0.25) is 14.5 Å². The molecule has 90 valence electrons. The van der Waals surface area contributed by atoms with Crippen LogP contribution in [-0.4, -0.2) is 60.0 Å². The molecule has 16 heavy (non-hydrogen) atoms. The number of carbonyl (C=O) groups excluding carboxylic acids is 2. The molecule has 2 aliphatic rings. The summed E-state index contributed by atoms with van der Waals surface area (Å²) in [4.78, 5) is 26.7. The van der Waals surface area contributed by atoms with Gasteiger partial charge in [-0.25, -0.2) is 0 Å². The van der Waals surface area contributed by atoms with Crippen molar-refractivity contribution >= 4 is 11.9 Å². The van der Waals surface area contributed by atoms with Crippen LogP contribution < -0.4 is 0 Å². The van der Waals surface area contributed by atoms with Gasteiger partial charge in [0.15, 0.2) is 0 Å². The molecule has 2 heterocycles. The maximum atomic E-state index is 11.6. The lowest BCUT2D eigenvalue weighted by molar-refractivity contribution is -0.145. The first kappa shape index (κ1) is 11.4. The van der Waals surface area contributed by atoms with E-state index in [4.69, 9.17) is 4.74 Å². The average Bonchev–Trinajstić information content (AvgIpc) is 2.58. The van der Waals surface area contributed by atoms with Gasteiger partial charge in [0.1, 0.15) is 12.1 Å². The van der Waals surface area contributed by atoms with Crippen molar-refractivity contribution in [2.45, 2.75) is 32.4 Å². The van der Waals surface area contributed by atoms with E-state index in [1.54, 1.807) is 6.92 Å². The quantitative estimate of drug-likeness (QED) is 0.584. The third kappa shape index (κ3) is 2.19. The fourth-order valence-corrected chi connectivity index (χ4v) is 2.38. The van der Waals surface area contributed by atoms with Crippen molar-refractivity contribution in [3.63, 3.8) is 0 Å². The van der Waals surface area contributed by atoms with E-state index >= 15 is 0 Å². The highest BCUT2D eigenvalue weighted by Crippen LogP contribution is 2.20. The third-order valence-corrected chi connectivity index (χ3v) is 3.34. The molecule has 5 heteroatoms. The molecule has 0 aliphatic carbocycles. The van der Waals surface area contributed by atoms with Crippen molar-refractivity contribution < 1.29 is 14.3 Å². The minimum Gasteiger partial charge on any atom is -0.461 e. The van der Waals surface area contributed by atoms with Gasteiger partial charge in [0, 0.05) is 39.5 Å². The van der Waals surface area contributed by atoms with E-state index in [9.17, 15) is 9.59 Å².